The summed E-state index contributed by atoms with van der Waals surface area (Å²) in [5.41, 5.74) is 2.97. The van der Waals surface area contributed by atoms with E-state index in [0.717, 1.165) is 35.3 Å². The smallest absolute Gasteiger partial charge is 0.187 e. The van der Waals surface area contributed by atoms with Gasteiger partial charge in [-0.15, -0.1) is 0 Å². The first-order valence-corrected chi connectivity index (χ1v) is 8.63. The summed E-state index contributed by atoms with van der Waals surface area (Å²) in [6, 6.07) is 6.41. The van der Waals surface area contributed by atoms with Gasteiger partial charge in [0.15, 0.2) is 12.5 Å². The summed E-state index contributed by atoms with van der Waals surface area (Å²) in [6.07, 6.45) is 9.94. The van der Waals surface area contributed by atoms with E-state index in [2.05, 4.69) is 20.9 Å². The second-order valence-corrected chi connectivity index (χ2v) is 6.76. The molecule has 5 nitrogen and oxygen atoms in total. The molecule has 1 aromatic carbocycles. The SMILES string of the molecule is O=CC1OCC(CC2CCCCC2)N1c1ccc2[nH]cnc2c1. The Bertz CT molecular complexity index is 678. The van der Waals surface area contributed by atoms with Crippen molar-refractivity contribution in [1.82, 2.24) is 9.97 Å². The summed E-state index contributed by atoms with van der Waals surface area (Å²) < 4.78 is 5.75. The maximum absolute atomic E-state index is 11.5. The fourth-order valence-electron chi connectivity index (χ4n) is 4.11. The molecule has 2 aliphatic rings. The van der Waals surface area contributed by atoms with Crippen molar-refractivity contribution in [2.24, 2.45) is 5.92 Å². The van der Waals surface area contributed by atoms with Gasteiger partial charge in [-0.25, -0.2) is 4.98 Å². The highest BCUT2D eigenvalue weighted by atomic mass is 16.5. The fourth-order valence-corrected chi connectivity index (χ4v) is 4.11. The van der Waals surface area contributed by atoms with E-state index >= 15 is 0 Å². The summed E-state index contributed by atoms with van der Waals surface area (Å²) >= 11 is 0. The van der Waals surface area contributed by atoms with Crippen LogP contribution in [0.15, 0.2) is 24.5 Å². The molecule has 122 valence electrons. The number of rotatable bonds is 4. The molecule has 5 heteroatoms. The number of carbonyl (C=O) groups is 1. The standard InChI is InChI=1S/C18H23N3O2/c22-10-18-21(14-6-7-16-17(9-14)20-12-19-16)15(11-23-18)8-13-4-2-1-3-5-13/h6-7,9-10,12-13,15,18H,1-5,8,11H2,(H,19,20). The van der Waals surface area contributed by atoms with E-state index in [-0.39, 0.29) is 6.04 Å². The van der Waals surface area contributed by atoms with Crippen molar-refractivity contribution in [3.8, 4) is 0 Å². The van der Waals surface area contributed by atoms with Gasteiger partial charge >= 0.3 is 0 Å². The number of hydrogen-bond acceptors (Lipinski definition) is 4. The van der Waals surface area contributed by atoms with Gasteiger partial charge in [0.05, 0.1) is 30.0 Å². The molecular formula is C18H23N3O2. The van der Waals surface area contributed by atoms with Crippen LogP contribution in [0.4, 0.5) is 5.69 Å². The first-order valence-electron chi connectivity index (χ1n) is 8.63. The summed E-state index contributed by atoms with van der Waals surface area (Å²) in [5.74, 6) is 0.763. The zero-order chi connectivity index (χ0) is 15.6. The van der Waals surface area contributed by atoms with Gasteiger partial charge in [-0.05, 0) is 30.5 Å². The number of anilines is 1. The van der Waals surface area contributed by atoms with E-state index in [4.69, 9.17) is 4.74 Å². The van der Waals surface area contributed by atoms with Crippen molar-refractivity contribution in [3.05, 3.63) is 24.5 Å². The highest BCUT2D eigenvalue weighted by molar-refractivity contribution is 5.80. The molecule has 23 heavy (non-hydrogen) atoms. The quantitative estimate of drug-likeness (QED) is 0.880. The Morgan fingerprint density at radius 2 is 2.17 bits per heavy atom. The average molecular weight is 313 g/mol. The molecule has 2 heterocycles. The van der Waals surface area contributed by atoms with E-state index < -0.39 is 6.23 Å². The lowest BCUT2D eigenvalue weighted by Crippen LogP contribution is -2.39. The van der Waals surface area contributed by atoms with Crippen LogP contribution < -0.4 is 4.90 Å². The van der Waals surface area contributed by atoms with Crippen LogP contribution in [-0.4, -0.2) is 35.1 Å². The topological polar surface area (TPSA) is 58.2 Å². The van der Waals surface area contributed by atoms with Gasteiger partial charge in [0.1, 0.15) is 0 Å². The predicted octanol–water partition coefficient (Wildman–Crippen LogP) is 3.26. The molecule has 2 atom stereocenters. The lowest BCUT2D eigenvalue weighted by molar-refractivity contribution is -0.115. The Hall–Kier alpha value is -1.88. The van der Waals surface area contributed by atoms with Crippen molar-refractivity contribution in [1.29, 1.82) is 0 Å². The second-order valence-electron chi connectivity index (χ2n) is 6.76. The van der Waals surface area contributed by atoms with Crippen LogP contribution in [0.2, 0.25) is 0 Å². The number of nitrogens with zero attached hydrogens (tertiary/aromatic N) is 2. The Kier molecular flexibility index (Phi) is 4.04. The van der Waals surface area contributed by atoms with Gasteiger partial charge in [-0.3, -0.25) is 4.79 Å². The van der Waals surface area contributed by atoms with E-state index in [9.17, 15) is 4.79 Å². The molecule has 0 spiro atoms. The van der Waals surface area contributed by atoms with E-state index in [1.54, 1.807) is 6.33 Å². The molecule has 2 fully saturated rings. The van der Waals surface area contributed by atoms with Crippen LogP contribution in [-0.2, 0) is 9.53 Å². The molecule has 1 N–H and O–H groups in total. The van der Waals surface area contributed by atoms with Gasteiger partial charge in [0.2, 0.25) is 0 Å². The number of imidazole rings is 1. The number of nitrogens with one attached hydrogen (secondary N) is 1. The molecule has 0 bridgehead atoms. The van der Waals surface area contributed by atoms with E-state index in [1.165, 1.54) is 32.1 Å². The van der Waals surface area contributed by atoms with Crippen molar-refractivity contribution >= 4 is 23.0 Å². The van der Waals surface area contributed by atoms with Crippen LogP contribution >= 0.6 is 0 Å². The molecule has 1 saturated heterocycles. The van der Waals surface area contributed by atoms with E-state index in [1.807, 2.05) is 12.1 Å². The summed E-state index contributed by atoms with van der Waals surface area (Å²) in [5, 5.41) is 0. The maximum atomic E-state index is 11.5. The number of ether oxygens (including phenoxy) is 1. The average Bonchev–Trinajstić information content (AvgIpc) is 3.21. The normalized spacial score (nSPS) is 26.0. The summed E-state index contributed by atoms with van der Waals surface area (Å²) in [4.78, 5) is 21.0. The zero-order valence-corrected chi connectivity index (χ0v) is 13.3. The number of aromatic amines is 1. The number of hydrogen-bond donors (Lipinski definition) is 1. The minimum absolute atomic E-state index is 0.282. The third-order valence-electron chi connectivity index (χ3n) is 5.28. The molecule has 1 saturated carbocycles. The molecule has 1 aliphatic heterocycles. The van der Waals surface area contributed by atoms with Crippen molar-refractivity contribution < 1.29 is 9.53 Å². The molecule has 2 unspecified atom stereocenters. The summed E-state index contributed by atoms with van der Waals surface area (Å²) in [6.45, 7) is 0.637. The molecule has 2 aromatic rings. The Balaban J connectivity index is 1.59. The van der Waals surface area contributed by atoms with Crippen LogP contribution in [0, 0.1) is 5.92 Å². The van der Waals surface area contributed by atoms with Crippen LogP contribution in [0.25, 0.3) is 11.0 Å². The Morgan fingerprint density at radius 3 is 3.00 bits per heavy atom. The minimum Gasteiger partial charge on any atom is -0.349 e. The third-order valence-corrected chi connectivity index (χ3v) is 5.28. The van der Waals surface area contributed by atoms with Crippen molar-refractivity contribution in [2.45, 2.75) is 50.8 Å². The van der Waals surface area contributed by atoms with Crippen LogP contribution in [0.5, 0.6) is 0 Å². The van der Waals surface area contributed by atoms with Crippen molar-refractivity contribution in [3.63, 3.8) is 0 Å². The highest BCUT2D eigenvalue weighted by Crippen LogP contribution is 2.34. The predicted molar refractivity (Wildman–Crippen MR) is 89.4 cm³/mol. The molecule has 1 aliphatic carbocycles. The third kappa shape index (κ3) is 2.85. The maximum Gasteiger partial charge on any atom is 0.187 e. The number of fused-ring (bicyclic) bond motifs is 1. The first-order chi connectivity index (χ1) is 11.3. The molecule has 0 amide bonds. The molecule has 1 aromatic heterocycles. The Morgan fingerprint density at radius 1 is 1.30 bits per heavy atom. The molecule has 4 rings (SSSR count). The van der Waals surface area contributed by atoms with Gasteiger partial charge in [-0.2, -0.15) is 0 Å². The lowest BCUT2D eigenvalue weighted by atomic mass is 9.84. The first kappa shape index (κ1) is 14.7. The number of aromatic nitrogens is 2. The number of aldehydes is 1. The Labute approximate surface area is 136 Å². The number of benzene rings is 1. The number of H-pyrrole nitrogens is 1. The lowest BCUT2D eigenvalue weighted by Gasteiger charge is -2.31. The minimum atomic E-state index is -0.472. The van der Waals surface area contributed by atoms with Crippen molar-refractivity contribution in [2.75, 3.05) is 11.5 Å². The zero-order valence-electron chi connectivity index (χ0n) is 13.3. The number of carbonyl (C=O) groups excluding carboxylic acids is 1. The fraction of sp³-hybridized carbons (Fsp3) is 0.556. The monoisotopic (exact) mass is 313 g/mol. The second kappa shape index (κ2) is 6.32. The van der Waals surface area contributed by atoms with Crippen LogP contribution in [0.3, 0.4) is 0 Å². The van der Waals surface area contributed by atoms with E-state index in [0.29, 0.717) is 6.61 Å². The molecular weight excluding hydrogens is 290 g/mol. The van der Waals surface area contributed by atoms with Gasteiger partial charge < -0.3 is 14.6 Å². The largest absolute Gasteiger partial charge is 0.349 e. The summed E-state index contributed by atoms with van der Waals surface area (Å²) in [7, 11) is 0. The van der Waals surface area contributed by atoms with Gasteiger partial charge in [-0.1, -0.05) is 32.1 Å². The van der Waals surface area contributed by atoms with Gasteiger partial charge in [0.25, 0.3) is 0 Å². The van der Waals surface area contributed by atoms with Crippen LogP contribution in [0.1, 0.15) is 38.5 Å². The molecule has 0 radical (unpaired) electrons. The van der Waals surface area contributed by atoms with Gasteiger partial charge in [0, 0.05) is 5.69 Å². The highest BCUT2D eigenvalue weighted by Gasteiger charge is 2.36.